The van der Waals surface area contributed by atoms with Gasteiger partial charge in [0.2, 0.25) is 0 Å². The van der Waals surface area contributed by atoms with Crippen molar-refractivity contribution >= 4 is 39.2 Å². The Bertz CT molecular complexity index is 525. The van der Waals surface area contributed by atoms with Crippen molar-refractivity contribution < 1.29 is 9.53 Å². The van der Waals surface area contributed by atoms with Crippen molar-refractivity contribution in [3.8, 4) is 0 Å². The fraction of sp³-hybridized carbons (Fsp3) is 0.600. The van der Waals surface area contributed by atoms with Gasteiger partial charge in [0.15, 0.2) is 5.96 Å². The van der Waals surface area contributed by atoms with Crippen LogP contribution in [0.2, 0.25) is 0 Å². The number of methoxy groups -OCH3 is 1. The Morgan fingerprint density at radius 3 is 2.77 bits per heavy atom. The lowest BCUT2D eigenvalue weighted by Gasteiger charge is -2.33. The van der Waals surface area contributed by atoms with E-state index >= 15 is 0 Å². The van der Waals surface area contributed by atoms with Gasteiger partial charge in [-0.3, -0.25) is 9.79 Å². The number of hydrogen-bond donors (Lipinski definition) is 1. The summed E-state index contributed by atoms with van der Waals surface area (Å²) in [7, 11) is 3.26. The van der Waals surface area contributed by atoms with Crippen LogP contribution in [0.5, 0.6) is 0 Å². The fourth-order valence-corrected chi connectivity index (χ4v) is 4.09. The van der Waals surface area contributed by atoms with E-state index in [0.717, 1.165) is 48.6 Å². The van der Waals surface area contributed by atoms with Crippen LogP contribution in [0.25, 0.3) is 0 Å². The standard InChI is InChI=1S/C15H22BrN3O2S/c1-17-15(18-8-5-12-3-4-13(16)22-12)19-9-6-11(7-10-19)14(20)21-2/h3-4,11H,5-10H2,1-2H3,(H,17,18). The van der Waals surface area contributed by atoms with Crippen molar-refractivity contribution in [2.75, 3.05) is 33.8 Å². The summed E-state index contributed by atoms with van der Waals surface area (Å²) in [4.78, 5) is 19.5. The highest BCUT2D eigenvalue weighted by molar-refractivity contribution is 9.11. The van der Waals surface area contributed by atoms with Crippen LogP contribution in [0.1, 0.15) is 17.7 Å². The number of esters is 1. The molecule has 0 saturated carbocycles. The molecule has 0 radical (unpaired) electrons. The van der Waals surface area contributed by atoms with Crippen molar-refractivity contribution in [2.45, 2.75) is 19.3 Å². The van der Waals surface area contributed by atoms with Gasteiger partial charge in [-0.15, -0.1) is 11.3 Å². The van der Waals surface area contributed by atoms with E-state index < -0.39 is 0 Å². The molecule has 0 aromatic carbocycles. The lowest BCUT2D eigenvalue weighted by molar-refractivity contribution is -0.146. The SMILES string of the molecule is CN=C(NCCc1ccc(Br)s1)N1CCC(C(=O)OC)CC1. The molecule has 1 aromatic rings. The van der Waals surface area contributed by atoms with Gasteiger partial charge in [-0.25, -0.2) is 0 Å². The van der Waals surface area contributed by atoms with Gasteiger partial charge in [0.05, 0.1) is 16.8 Å². The van der Waals surface area contributed by atoms with Gasteiger partial charge in [-0.05, 0) is 47.3 Å². The molecule has 0 amide bonds. The Hall–Kier alpha value is -1.08. The van der Waals surface area contributed by atoms with E-state index in [-0.39, 0.29) is 11.9 Å². The summed E-state index contributed by atoms with van der Waals surface area (Å²) in [6, 6.07) is 4.22. The number of halogens is 1. The average Bonchev–Trinajstić information content (AvgIpc) is 2.96. The van der Waals surface area contributed by atoms with Crippen molar-refractivity contribution in [2.24, 2.45) is 10.9 Å². The van der Waals surface area contributed by atoms with Crippen molar-refractivity contribution in [1.82, 2.24) is 10.2 Å². The van der Waals surface area contributed by atoms with Gasteiger partial charge in [0.25, 0.3) is 0 Å². The lowest BCUT2D eigenvalue weighted by Crippen LogP contribution is -2.47. The molecule has 1 aliphatic heterocycles. The molecule has 1 aliphatic rings. The first kappa shape index (κ1) is 17.3. The maximum absolute atomic E-state index is 11.6. The number of hydrogen-bond acceptors (Lipinski definition) is 4. The number of nitrogens with zero attached hydrogens (tertiary/aromatic N) is 2. The summed E-state index contributed by atoms with van der Waals surface area (Å²) in [5.41, 5.74) is 0. The summed E-state index contributed by atoms with van der Waals surface area (Å²) in [5, 5.41) is 3.41. The number of rotatable bonds is 4. The maximum Gasteiger partial charge on any atom is 0.308 e. The topological polar surface area (TPSA) is 53.9 Å². The predicted molar refractivity (Wildman–Crippen MR) is 93.4 cm³/mol. The average molecular weight is 388 g/mol. The third kappa shape index (κ3) is 4.71. The van der Waals surface area contributed by atoms with Crippen molar-refractivity contribution in [1.29, 1.82) is 0 Å². The van der Waals surface area contributed by atoms with Gasteiger partial charge in [-0.2, -0.15) is 0 Å². The quantitative estimate of drug-likeness (QED) is 0.489. The van der Waals surface area contributed by atoms with Gasteiger partial charge in [-0.1, -0.05) is 0 Å². The highest BCUT2D eigenvalue weighted by Crippen LogP contribution is 2.22. The maximum atomic E-state index is 11.6. The zero-order valence-corrected chi connectivity index (χ0v) is 15.4. The van der Waals surface area contributed by atoms with Crippen molar-refractivity contribution in [3.63, 3.8) is 0 Å². The number of likely N-dealkylation sites (tertiary alicyclic amines) is 1. The smallest absolute Gasteiger partial charge is 0.308 e. The number of thiophene rings is 1. The number of piperidine rings is 1. The van der Waals surface area contributed by atoms with Crippen LogP contribution in [0.3, 0.4) is 0 Å². The van der Waals surface area contributed by atoms with Crippen LogP contribution in [0.4, 0.5) is 0 Å². The fourth-order valence-electron chi connectivity index (χ4n) is 2.61. The molecule has 0 spiro atoms. The second-order valence-electron chi connectivity index (χ2n) is 5.21. The second kappa shape index (κ2) is 8.53. The lowest BCUT2D eigenvalue weighted by atomic mass is 9.97. The zero-order valence-electron chi connectivity index (χ0n) is 13.0. The first-order valence-electron chi connectivity index (χ1n) is 7.41. The number of nitrogens with one attached hydrogen (secondary N) is 1. The number of guanidine groups is 1. The second-order valence-corrected chi connectivity index (χ2v) is 7.76. The normalized spacial score (nSPS) is 16.7. The predicted octanol–water partition coefficient (Wildman–Crippen LogP) is 2.51. The van der Waals surface area contributed by atoms with Crippen molar-refractivity contribution in [3.05, 3.63) is 20.8 Å². The van der Waals surface area contributed by atoms with Crippen LogP contribution in [-0.2, 0) is 16.0 Å². The largest absolute Gasteiger partial charge is 0.469 e. The molecule has 1 aromatic heterocycles. The van der Waals surface area contributed by atoms with E-state index in [2.05, 4.69) is 43.3 Å². The van der Waals surface area contributed by atoms with Gasteiger partial charge in [0, 0.05) is 31.6 Å². The minimum atomic E-state index is -0.0918. The van der Waals surface area contributed by atoms with Gasteiger partial charge in [0.1, 0.15) is 0 Å². The Kier molecular flexibility index (Phi) is 6.70. The van der Waals surface area contributed by atoms with Crippen LogP contribution in [-0.4, -0.2) is 50.6 Å². The number of carbonyl (C=O) groups is 1. The molecule has 0 atom stereocenters. The van der Waals surface area contributed by atoms with Gasteiger partial charge < -0.3 is 15.0 Å². The zero-order chi connectivity index (χ0) is 15.9. The summed E-state index contributed by atoms with van der Waals surface area (Å²) in [6.45, 7) is 2.53. The molecule has 0 unspecified atom stereocenters. The molecule has 122 valence electrons. The Labute approximate surface area is 143 Å². The molecule has 7 heteroatoms. The molecular formula is C15H22BrN3O2S. The molecule has 0 bridgehead atoms. The van der Waals surface area contributed by atoms with E-state index in [1.165, 1.54) is 12.0 Å². The monoisotopic (exact) mass is 387 g/mol. The van der Waals surface area contributed by atoms with Crippen LogP contribution in [0, 0.1) is 5.92 Å². The van der Waals surface area contributed by atoms with E-state index in [9.17, 15) is 4.79 Å². The Morgan fingerprint density at radius 1 is 1.50 bits per heavy atom. The third-order valence-corrected chi connectivity index (χ3v) is 5.51. The van der Waals surface area contributed by atoms with Crippen LogP contribution >= 0.6 is 27.3 Å². The van der Waals surface area contributed by atoms with Crippen LogP contribution in [0.15, 0.2) is 20.9 Å². The summed E-state index contributed by atoms with van der Waals surface area (Å²) in [6.07, 6.45) is 2.63. The highest BCUT2D eigenvalue weighted by atomic mass is 79.9. The minimum absolute atomic E-state index is 0.0304. The Morgan fingerprint density at radius 2 is 2.23 bits per heavy atom. The molecule has 0 aliphatic carbocycles. The first-order valence-corrected chi connectivity index (χ1v) is 9.02. The third-order valence-electron chi connectivity index (χ3n) is 3.82. The van der Waals surface area contributed by atoms with E-state index in [4.69, 9.17) is 4.74 Å². The number of ether oxygens (including phenoxy) is 1. The molecule has 22 heavy (non-hydrogen) atoms. The van der Waals surface area contributed by atoms with E-state index in [1.807, 2.05) is 0 Å². The molecule has 1 fully saturated rings. The molecular weight excluding hydrogens is 366 g/mol. The molecule has 2 heterocycles. The number of carbonyl (C=O) groups excluding carboxylic acids is 1. The summed E-state index contributed by atoms with van der Waals surface area (Å²) >= 11 is 5.24. The highest BCUT2D eigenvalue weighted by Gasteiger charge is 2.26. The first-order chi connectivity index (χ1) is 10.6. The Balaban J connectivity index is 1.77. The van der Waals surface area contributed by atoms with E-state index in [0.29, 0.717) is 0 Å². The molecule has 5 nitrogen and oxygen atoms in total. The van der Waals surface area contributed by atoms with Gasteiger partial charge >= 0.3 is 5.97 Å². The van der Waals surface area contributed by atoms with Crippen LogP contribution < -0.4 is 5.32 Å². The summed E-state index contributed by atoms with van der Waals surface area (Å²) in [5.74, 6) is 0.854. The summed E-state index contributed by atoms with van der Waals surface area (Å²) < 4.78 is 5.99. The van der Waals surface area contributed by atoms with E-state index in [1.54, 1.807) is 18.4 Å². The molecule has 2 rings (SSSR count). The number of aliphatic imine (C=N–C) groups is 1. The minimum Gasteiger partial charge on any atom is -0.469 e. The molecule has 1 N–H and O–H groups in total. The molecule has 1 saturated heterocycles.